The Hall–Kier alpha value is -0.120. The van der Waals surface area contributed by atoms with Crippen LogP contribution in [0.15, 0.2) is 0 Å². The Kier molecular flexibility index (Phi) is 3.79. The summed E-state index contributed by atoms with van der Waals surface area (Å²) in [6.07, 6.45) is 6.52. The monoisotopic (exact) mass is 199 g/mol. The van der Waals surface area contributed by atoms with Crippen molar-refractivity contribution < 1.29 is 9.84 Å². The van der Waals surface area contributed by atoms with Crippen LogP contribution in [-0.2, 0) is 4.74 Å². The van der Waals surface area contributed by atoms with Gasteiger partial charge in [0.2, 0.25) is 0 Å². The highest BCUT2D eigenvalue weighted by molar-refractivity contribution is 4.79. The second kappa shape index (κ2) is 5.10. The van der Waals surface area contributed by atoms with E-state index in [0.29, 0.717) is 18.8 Å². The van der Waals surface area contributed by atoms with Crippen molar-refractivity contribution in [3.05, 3.63) is 0 Å². The van der Waals surface area contributed by atoms with E-state index in [-0.39, 0.29) is 0 Å². The highest BCUT2D eigenvalue weighted by atomic mass is 16.5. The number of ether oxygens (including phenoxy) is 1. The second-order valence-corrected chi connectivity index (χ2v) is 4.44. The second-order valence-electron chi connectivity index (χ2n) is 4.44. The number of hydrogen-bond donors (Lipinski definition) is 1. The molecule has 2 fully saturated rings. The summed E-state index contributed by atoms with van der Waals surface area (Å²) < 4.78 is 5.59. The average molecular weight is 199 g/mol. The summed E-state index contributed by atoms with van der Waals surface area (Å²) in [6.45, 7) is 3.55. The van der Waals surface area contributed by atoms with Crippen molar-refractivity contribution >= 4 is 0 Å². The quantitative estimate of drug-likeness (QED) is 0.733. The highest BCUT2D eigenvalue weighted by Crippen LogP contribution is 2.20. The van der Waals surface area contributed by atoms with E-state index < -0.39 is 0 Å². The molecule has 0 spiro atoms. The van der Waals surface area contributed by atoms with Gasteiger partial charge in [-0.3, -0.25) is 4.90 Å². The van der Waals surface area contributed by atoms with Gasteiger partial charge >= 0.3 is 0 Å². The minimum absolute atomic E-state index is 0.325. The van der Waals surface area contributed by atoms with Gasteiger partial charge in [0.25, 0.3) is 0 Å². The molecular formula is C11H21NO2. The van der Waals surface area contributed by atoms with Gasteiger partial charge in [-0.1, -0.05) is 0 Å². The van der Waals surface area contributed by atoms with Crippen molar-refractivity contribution in [2.45, 2.75) is 44.2 Å². The van der Waals surface area contributed by atoms with Crippen molar-refractivity contribution in [3.63, 3.8) is 0 Å². The molecule has 3 nitrogen and oxygen atoms in total. The molecule has 0 bridgehead atoms. The molecule has 14 heavy (non-hydrogen) atoms. The molecule has 0 aromatic carbocycles. The molecule has 2 saturated heterocycles. The molecular weight excluding hydrogens is 178 g/mol. The Labute approximate surface area is 86.0 Å². The summed E-state index contributed by atoms with van der Waals surface area (Å²) in [6, 6.07) is 0.427. The van der Waals surface area contributed by atoms with Crippen LogP contribution >= 0.6 is 0 Å². The normalized spacial score (nSPS) is 34.1. The minimum Gasteiger partial charge on any atom is -0.395 e. The van der Waals surface area contributed by atoms with Gasteiger partial charge in [-0.2, -0.15) is 0 Å². The van der Waals surface area contributed by atoms with Crippen LogP contribution < -0.4 is 0 Å². The average Bonchev–Trinajstić information content (AvgIpc) is 2.85. The molecule has 2 heterocycles. The lowest BCUT2D eigenvalue weighted by molar-refractivity contribution is 0.0833. The number of nitrogens with zero attached hydrogens (tertiary/aromatic N) is 1. The first kappa shape index (κ1) is 10.4. The van der Waals surface area contributed by atoms with E-state index in [9.17, 15) is 0 Å². The third-order valence-electron chi connectivity index (χ3n) is 3.47. The Balaban J connectivity index is 1.68. The predicted octanol–water partition coefficient (Wildman–Crippen LogP) is 1.01. The molecule has 0 aromatic rings. The molecule has 2 atom stereocenters. The highest BCUT2D eigenvalue weighted by Gasteiger charge is 2.25. The van der Waals surface area contributed by atoms with Gasteiger partial charge in [0.05, 0.1) is 12.7 Å². The van der Waals surface area contributed by atoms with Crippen LogP contribution in [-0.4, -0.2) is 48.5 Å². The zero-order valence-electron chi connectivity index (χ0n) is 8.82. The van der Waals surface area contributed by atoms with E-state index in [1.165, 1.54) is 25.7 Å². The molecule has 3 heteroatoms. The van der Waals surface area contributed by atoms with Crippen molar-refractivity contribution in [2.75, 3.05) is 26.3 Å². The van der Waals surface area contributed by atoms with Crippen LogP contribution in [0.4, 0.5) is 0 Å². The van der Waals surface area contributed by atoms with Crippen molar-refractivity contribution in [2.24, 2.45) is 0 Å². The van der Waals surface area contributed by atoms with Crippen LogP contribution in [0.1, 0.15) is 32.1 Å². The summed E-state index contributed by atoms with van der Waals surface area (Å²) in [5.74, 6) is 0. The zero-order valence-corrected chi connectivity index (χ0v) is 8.82. The maximum atomic E-state index is 9.16. The Morgan fingerprint density at radius 3 is 2.93 bits per heavy atom. The molecule has 0 aromatic heterocycles. The largest absolute Gasteiger partial charge is 0.395 e. The number of hydrogen-bond acceptors (Lipinski definition) is 3. The first-order chi connectivity index (χ1) is 6.90. The third kappa shape index (κ3) is 2.47. The summed E-state index contributed by atoms with van der Waals surface area (Å²) in [7, 11) is 0. The number of aliphatic hydroxyl groups is 1. The lowest BCUT2D eigenvalue weighted by Gasteiger charge is -2.23. The lowest BCUT2D eigenvalue weighted by atomic mass is 10.1. The molecule has 0 radical (unpaired) electrons. The zero-order chi connectivity index (χ0) is 9.80. The fourth-order valence-corrected chi connectivity index (χ4v) is 2.58. The molecule has 1 N–H and O–H groups in total. The van der Waals surface area contributed by atoms with Gasteiger partial charge in [-0.25, -0.2) is 0 Å². The van der Waals surface area contributed by atoms with E-state index in [1.807, 2.05) is 0 Å². The van der Waals surface area contributed by atoms with E-state index in [0.717, 1.165) is 26.1 Å². The maximum Gasteiger partial charge on any atom is 0.0588 e. The Morgan fingerprint density at radius 2 is 2.21 bits per heavy atom. The van der Waals surface area contributed by atoms with Crippen LogP contribution in [0.25, 0.3) is 0 Å². The fourth-order valence-electron chi connectivity index (χ4n) is 2.58. The maximum absolute atomic E-state index is 9.16. The van der Waals surface area contributed by atoms with E-state index in [4.69, 9.17) is 9.84 Å². The smallest absolute Gasteiger partial charge is 0.0588 e. The van der Waals surface area contributed by atoms with E-state index in [1.54, 1.807) is 0 Å². The predicted molar refractivity (Wildman–Crippen MR) is 55.3 cm³/mol. The number of likely N-dealkylation sites (tertiary alicyclic amines) is 1. The number of rotatable bonds is 4. The van der Waals surface area contributed by atoms with Crippen molar-refractivity contribution in [1.82, 2.24) is 4.90 Å². The first-order valence-corrected chi connectivity index (χ1v) is 5.86. The molecule has 2 rings (SSSR count). The first-order valence-electron chi connectivity index (χ1n) is 5.86. The SMILES string of the molecule is OCC1CCCN1CCC1CCCO1. The lowest BCUT2D eigenvalue weighted by Crippen LogP contribution is -2.34. The molecule has 0 amide bonds. The molecule has 82 valence electrons. The molecule has 2 aliphatic heterocycles. The van der Waals surface area contributed by atoms with Gasteiger partial charge in [0.1, 0.15) is 0 Å². The molecule has 0 aliphatic carbocycles. The summed E-state index contributed by atoms with van der Waals surface area (Å²) >= 11 is 0. The standard InChI is InChI=1S/C11H21NO2/c13-9-10-3-1-6-12(10)7-5-11-4-2-8-14-11/h10-11,13H,1-9H2. The van der Waals surface area contributed by atoms with Gasteiger partial charge < -0.3 is 9.84 Å². The fraction of sp³-hybridized carbons (Fsp3) is 1.00. The minimum atomic E-state index is 0.325. The molecule has 2 unspecified atom stereocenters. The van der Waals surface area contributed by atoms with Crippen LogP contribution in [0, 0.1) is 0 Å². The van der Waals surface area contributed by atoms with Crippen LogP contribution in [0.2, 0.25) is 0 Å². The van der Waals surface area contributed by atoms with Gasteiger partial charge in [-0.05, 0) is 38.6 Å². The van der Waals surface area contributed by atoms with Gasteiger partial charge in [-0.15, -0.1) is 0 Å². The van der Waals surface area contributed by atoms with Crippen molar-refractivity contribution in [3.8, 4) is 0 Å². The van der Waals surface area contributed by atoms with Gasteiger partial charge in [0.15, 0.2) is 0 Å². The number of aliphatic hydroxyl groups excluding tert-OH is 1. The van der Waals surface area contributed by atoms with Crippen LogP contribution in [0.5, 0.6) is 0 Å². The van der Waals surface area contributed by atoms with Crippen molar-refractivity contribution in [1.29, 1.82) is 0 Å². The topological polar surface area (TPSA) is 32.7 Å². The molecule has 2 aliphatic rings. The summed E-state index contributed by atoms with van der Waals surface area (Å²) in [5.41, 5.74) is 0. The summed E-state index contributed by atoms with van der Waals surface area (Å²) in [4.78, 5) is 2.42. The van der Waals surface area contributed by atoms with E-state index >= 15 is 0 Å². The summed E-state index contributed by atoms with van der Waals surface area (Å²) in [5, 5.41) is 9.16. The molecule has 0 saturated carbocycles. The van der Waals surface area contributed by atoms with Gasteiger partial charge in [0, 0.05) is 19.2 Å². The Bertz CT molecular complexity index is 169. The Morgan fingerprint density at radius 1 is 1.29 bits per heavy atom. The van der Waals surface area contributed by atoms with Crippen LogP contribution in [0.3, 0.4) is 0 Å². The third-order valence-corrected chi connectivity index (χ3v) is 3.47. The van der Waals surface area contributed by atoms with E-state index in [2.05, 4.69) is 4.90 Å².